The summed E-state index contributed by atoms with van der Waals surface area (Å²) in [7, 11) is 0. The van der Waals surface area contributed by atoms with Crippen LogP contribution in [0.25, 0.3) is 5.70 Å². The number of benzene rings is 2. The van der Waals surface area contributed by atoms with Crippen LogP contribution in [0.5, 0.6) is 0 Å². The lowest BCUT2D eigenvalue weighted by Gasteiger charge is -2.13. The van der Waals surface area contributed by atoms with Gasteiger partial charge in [-0.3, -0.25) is 4.21 Å². The van der Waals surface area contributed by atoms with Gasteiger partial charge < -0.3 is 9.87 Å². The third-order valence-electron chi connectivity index (χ3n) is 2.74. The van der Waals surface area contributed by atoms with E-state index in [1.807, 2.05) is 0 Å². The normalized spacial score (nSPS) is 12.0. The predicted octanol–water partition coefficient (Wildman–Crippen LogP) is 4.08. The fraction of sp³-hybridized carbons (Fsp3) is 0. The van der Waals surface area contributed by atoms with Gasteiger partial charge in [-0.1, -0.05) is 24.2 Å². The van der Waals surface area contributed by atoms with E-state index >= 15 is 0 Å². The fourth-order valence-corrected chi connectivity index (χ4v) is 2.45. The van der Waals surface area contributed by atoms with E-state index in [9.17, 15) is 21.9 Å². The van der Waals surface area contributed by atoms with Crippen LogP contribution in [0.4, 0.5) is 18.9 Å². The zero-order chi connectivity index (χ0) is 16.4. The van der Waals surface area contributed by atoms with Crippen molar-refractivity contribution in [3.8, 4) is 0 Å². The highest BCUT2D eigenvalue weighted by Crippen LogP contribution is 2.26. The lowest BCUT2D eigenvalue weighted by Crippen LogP contribution is -2.01. The first kappa shape index (κ1) is 16.5. The summed E-state index contributed by atoms with van der Waals surface area (Å²) in [4.78, 5) is -0.140. The van der Waals surface area contributed by atoms with Gasteiger partial charge in [0.25, 0.3) is 0 Å². The second kappa shape index (κ2) is 6.51. The van der Waals surface area contributed by atoms with Crippen LogP contribution in [-0.2, 0) is 11.1 Å². The average Bonchev–Trinajstić information content (AvgIpc) is 2.44. The number of rotatable bonds is 4. The van der Waals surface area contributed by atoms with Crippen LogP contribution < -0.4 is 5.32 Å². The Labute approximate surface area is 131 Å². The molecule has 0 bridgehead atoms. The van der Waals surface area contributed by atoms with Crippen LogP contribution in [0.1, 0.15) is 5.56 Å². The Morgan fingerprint density at radius 3 is 2.32 bits per heavy atom. The minimum absolute atomic E-state index is 0.0313. The minimum Gasteiger partial charge on any atom is -0.768 e. The Balaban J connectivity index is 2.30. The molecule has 0 fully saturated rings. The summed E-state index contributed by atoms with van der Waals surface area (Å²) < 4.78 is 61.2. The molecule has 0 aromatic heterocycles. The molecular formula is C14H8ClF3NO2S-. The van der Waals surface area contributed by atoms with Crippen molar-refractivity contribution in [2.75, 3.05) is 5.32 Å². The molecule has 3 nitrogen and oxygen atoms in total. The molecule has 8 heteroatoms. The van der Waals surface area contributed by atoms with Crippen LogP contribution in [0.2, 0.25) is 5.02 Å². The van der Waals surface area contributed by atoms with Gasteiger partial charge in [-0.2, -0.15) is 0 Å². The average molecular weight is 347 g/mol. The van der Waals surface area contributed by atoms with Crippen molar-refractivity contribution < 1.29 is 21.9 Å². The van der Waals surface area contributed by atoms with E-state index in [0.29, 0.717) is 5.56 Å². The Bertz CT molecular complexity index is 760. The molecule has 22 heavy (non-hydrogen) atoms. The van der Waals surface area contributed by atoms with Crippen LogP contribution in [-0.4, -0.2) is 8.76 Å². The molecule has 0 radical (unpaired) electrons. The molecule has 0 aliphatic rings. The fourth-order valence-electron chi connectivity index (χ4n) is 1.69. The molecule has 116 valence electrons. The summed E-state index contributed by atoms with van der Waals surface area (Å²) in [6.07, 6.45) is 0. The summed E-state index contributed by atoms with van der Waals surface area (Å²) >= 11 is 3.19. The second-order valence-electron chi connectivity index (χ2n) is 4.24. The van der Waals surface area contributed by atoms with Gasteiger partial charge >= 0.3 is 0 Å². The van der Waals surface area contributed by atoms with Crippen molar-refractivity contribution in [1.29, 1.82) is 0 Å². The smallest absolute Gasteiger partial charge is 0.194 e. The van der Waals surface area contributed by atoms with Gasteiger partial charge in [-0.05, 0) is 28.8 Å². The van der Waals surface area contributed by atoms with Crippen molar-refractivity contribution in [3.05, 3.63) is 64.9 Å². The van der Waals surface area contributed by atoms with E-state index in [1.54, 1.807) is 0 Å². The zero-order valence-corrected chi connectivity index (χ0v) is 12.4. The molecule has 0 saturated carbocycles. The van der Waals surface area contributed by atoms with Gasteiger partial charge in [0.15, 0.2) is 17.5 Å². The third kappa shape index (κ3) is 3.49. The lowest BCUT2D eigenvalue weighted by atomic mass is 10.1. The number of halogens is 4. The van der Waals surface area contributed by atoms with Gasteiger partial charge in [-0.25, -0.2) is 13.2 Å². The molecule has 2 rings (SSSR count). The maximum atomic E-state index is 13.1. The van der Waals surface area contributed by atoms with Crippen molar-refractivity contribution in [2.24, 2.45) is 0 Å². The van der Waals surface area contributed by atoms with Crippen molar-refractivity contribution in [2.45, 2.75) is 4.90 Å². The molecule has 2 aromatic carbocycles. The van der Waals surface area contributed by atoms with Crippen LogP contribution in [0.15, 0.2) is 41.8 Å². The first-order valence-electron chi connectivity index (χ1n) is 5.79. The number of nitrogens with one attached hydrogen (secondary N) is 1. The second-order valence-corrected chi connectivity index (χ2v) is 5.55. The van der Waals surface area contributed by atoms with Crippen LogP contribution in [0.3, 0.4) is 0 Å². The van der Waals surface area contributed by atoms with Crippen LogP contribution >= 0.6 is 11.6 Å². The molecule has 0 spiro atoms. The largest absolute Gasteiger partial charge is 0.768 e. The van der Waals surface area contributed by atoms with Gasteiger partial charge in [0, 0.05) is 28.4 Å². The maximum absolute atomic E-state index is 13.1. The van der Waals surface area contributed by atoms with Gasteiger partial charge in [0.05, 0.1) is 5.02 Å². The SMILES string of the molecule is C=C(Nc1cc(F)c(F)c(F)c1)c1ccc(Cl)c(S(=O)[O-])c1. The maximum Gasteiger partial charge on any atom is 0.194 e. The summed E-state index contributed by atoms with van der Waals surface area (Å²) in [5, 5.41) is 2.60. The van der Waals surface area contributed by atoms with Gasteiger partial charge in [-0.15, -0.1) is 0 Å². The van der Waals surface area contributed by atoms with Crippen molar-refractivity contribution in [1.82, 2.24) is 0 Å². The van der Waals surface area contributed by atoms with E-state index in [0.717, 1.165) is 12.1 Å². The Hall–Kier alpha value is -1.83. The Morgan fingerprint density at radius 1 is 1.18 bits per heavy atom. The highest BCUT2D eigenvalue weighted by molar-refractivity contribution is 7.79. The van der Waals surface area contributed by atoms with Crippen molar-refractivity contribution >= 4 is 34.1 Å². The summed E-state index contributed by atoms with van der Waals surface area (Å²) in [6.45, 7) is 3.64. The zero-order valence-electron chi connectivity index (χ0n) is 10.8. The molecule has 0 aliphatic carbocycles. The number of anilines is 1. The molecule has 0 aliphatic heterocycles. The third-order valence-corrected chi connectivity index (χ3v) is 3.88. The Morgan fingerprint density at radius 2 is 1.77 bits per heavy atom. The topological polar surface area (TPSA) is 52.2 Å². The lowest BCUT2D eigenvalue weighted by molar-refractivity contribution is 0.448. The summed E-state index contributed by atoms with van der Waals surface area (Å²) in [5.41, 5.74) is 0.434. The Kier molecular flexibility index (Phi) is 4.90. The van der Waals surface area contributed by atoms with E-state index in [4.69, 9.17) is 11.6 Å². The van der Waals surface area contributed by atoms with Gasteiger partial charge in [0.2, 0.25) is 0 Å². The quantitative estimate of drug-likeness (QED) is 0.670. The molecule has 1 N–H and O–H groups in total. The molecule has 1 unspecified atom stereocenters. The number of hydrogen-bond donors (Lipinski definition) is 1. The van der Waals surface area contributed by atoms with E-state index in [1.165, 1.54) is 18.2 Å². The van der Waals surface area contributed by atoms with E-state index in [2.05, 4.69) is 11.9 Å². The summed E-state index contributed by atoms with van der Waals surface area (Å²) in [6, 6.07) is 5.58. The van der Waals surface area contributed by atoms with Gasteiger partial charge in [0.1, 0.15) is 0 Å². The highest BCUT2D eigenvalue weighted by atomic mass is 35.5. The van der Waals surface area contributed by atoms with Crippen molar-refractivity contribution in [3.63, 3.8) is 0 Å². The molecule has 2 aromatic rings. The van der Waals surface area contributed by atoms with Crippen LogP contribution in [0, 0.1) is 17.5 Å². The first-order valence-corrected chi connectivity index (χ1v) is 7.24. The first-order chi connectivity index (χ1) is 10.3. The molecule has 0 amide bonds. The van der Waals surface area contributed by atoms with E-state index < -0.39 is 28.5 Å². The highest BCUT2D eigenvalue weighted by Gasteiger charge is 2.12. The standard InChI is InChI=1S/C14H9ClF3NO2S/c1-7(8-2-3-10(15)13(4-8)22(20)21)19-9-5-11(16)14(18)12(17)6-9/h2-6,19H,1H2,(H,20,21)/p-1. The molecule has 0 saturated heterocycles. The minimum atomic E-state index is -2.54. The summed E-state index contributed by atoms with van der Waals surface area (Å²) in [5.74, 6) is -4.28. The molecular weight excluding hydrogens is 339 g/mol. The molecule has 1 atom stereocenters. The van der Waals surface area contributed by atoms with E-state index in [-0.39, 0.29) is 21.3 Å². The predicted molar refractivity (Wildman–Crippen MR) is 77.6 cm³/mol. The number of hydrogen-bond acceptors (Lipinski definition) is 3. The molecule has 0 heterocycles. The monoisotopic (exact) mass is 346 g/mol.